The molecule has 1 aromatic carbocycles. The lowest BCUT2D eigenvalue weighted by Gasteiger charge is -2.06. The van der Waals surface area contributed by atoms with Gasteiger partial charge in [-0.1, -0.05) is 0 Å². The summed E-state index contributed by atoms with van der Waals surface area (Å²) in [6.07, 6.45) is 2.00. The number of anilines is 1. The number of carbonyl (C=O) groups excluding carboxylic acids is 1. The predicted octanol–water partition coefficient (Wildman–Crippen LogP) is 2.06. The lowest BCUT2D eigenvalue weighted by molar-refractivity contribution is 0.0901. The molecule has 0 bridgehead atoms. The van der Waals surface area contributed by atoms with E-state index in [-0.39, 0.29) is 18.0 Å². The number of nitrogens with one attached hydrogen (secondary N) is 1. The molecule has 3 aromatic rings. The standard InChI is InChI=1S/C16H18N4O2/c1-10-11(2)19(16(22)18-10)8-6-15(21)20-7-5-12-9-13(17)3-4-14(12)20/h3-5,7,9H,6,8,17H2,1-2H3,(H,18,22). The van der Waals surface area contributed by atoms with Gasteiger partial charge in [0.25, 0.3) is 0 Å². The number of nitrogen functional groups attached to an aromatic ring is 1. The second kappa shape index (κ2) is 5.22. The molecule has 0 aliphatic rings. The molecule has 0 amide bonds. The SMILES string of the molecule is Cc1[nH]c(=O)n(CCC(=O)n2ccc3cc(N)ccc32)c1C. The number of rotatable bonds is 3. The molecule has 3 N–H and O–H groups in total. The third kappa shape index (κ3) is 2.32. The number of hydrogen-bond acceptors (Lipinski definition) is 3. The van der Waals surface area contributed by atoms with Gasteiger partial charge in [0.15, 0.2) is 0 Å². The minimum Gasteiger partial charge on any atom is -0.399 e. The molecule has 0 fully saturated rings. The first-order valence-corrected chi connectivity index (χ1v) is 7.13. The van der Waals surface area contributed by atoms with Crippen molar-refractivity contribution in [1.82, 2.24) is 14.1 Å². The smallest absolute Gasteiger partial charge is 0.325 e. The first-order valence-electron chi connectivity index (χ1n) is 7.13. The van der Waals surface area contributed by atoms with E-state index in [1.165, 1.54) is 0 Å². The zero-order chi connectivity index (χ0) is 15.9. The van der Waals surface area contributed by atoms with Crippen LogP contribution >= 0.6 is 0 Å². The van der Waals surface area contributed by atoms with Crippen molar-refractivity contribution in [3.63, 3.8) is 0 Å². The van der Waals surface area contributed by atoms with E-state index in [0.717, 1.165) is 22.3 Å². The zero-order valence-electron chi connectivity index (χ0n) is 12.6. The number of aryl methyl sites for hydroxylation is 1. The van der Waals surface area contributed by atoms with Crippen LogP contribution in [0, 0.1) is 13.8 Å². The van der Waals surface area contributed by atoms with Crippen LogP contribution in [0.4, 0.5) is 5.69 Å². The van der Waals surface area contributed by atoms with Crippen molar-refractivity contribution in [2.24, 2.45) is 0 Å². The van der Waals surface area contributed by atoms with Gasteiger partial charge in [-0.15, -0.1) is 0 Å². The van der Waals surface area contributed by atoms with Gasteiger partial charge in [0, 0.05) is 41.6 Å². The molecule has 22 heavy (non-hydrogen) atoms. The molecular formula is C16H18N4O2. The van der Waals surface area contributed by atoms with Gasteiger partial charge in [-0.3, -0.25) is 13.9 Å². The highest BCUT2D eigenvalue weighted by Crippen LogP contribution is 2.19. The molecule has 0 unspecified atom stereocenters. The lowest BCUT2D eigenvalue weighted by atomic mass is 10.2. The number of aromatic amines is 1. The van der Waals surface area contributed by atoms with Crippen LogP contribution < -0.4 is 11.4 Å². The Bertz CT molecular complexity index is 914. The van der Waals surface area contributed by atoms with E-state index < -0.39 is 0 Å². The Kier molecular flexibility index (Phi) is 3.36. The average molecular weight is 298 g/mol. The van der Waals surface area contributed by atoms with E-state index in [2.05, 4.69) is 4.98 Å². The van der Waals surface area contributed by atoms with Crippen LogP contribution in [0.15, 0.2) is 35.3 Å². The van der Waals surface area contributed by atoms with Crippen molar-refractivity contribution in [3.05, 3.63) is 52.3 Å². The maximum atomic E-state index is 12.4. The lowest BCUT2D eigenvalue weighted by Crippen LogP contribution is -2.21. The third-order valence-electron chi connectivity index (χ3n) is 4.02. The Morgan fingerprint density at radius 1 is 1.27 bits per heavy atom. The minimum absolute atomic E-state index is 0.0510. The van der Waals surface area contributed by atoms with Crippen molar-refractivity contribution in [1.29, 1.82) is 0 Å². The number of nitrogens with zero attached hydrogens (tertiary/aromatic N) is 2. The molecule has 0 saturated heterocycles. The van der Waals surface area contributed by atoms with Gasteiger partial charge in [0.05, 0.1) is 5.52 Å². The monoisotopic (exact) mass is 298 g/mol. The summed E-state index contributed by atoms with van der Waals surface area (Å²) in [5.74, 6) is -0.0510. The summed E-state index contributed by atoms with van der Waals surface area (Å²) >= 11 is 0. The number of aromatic nitrogens is 3. The van der Waals surface area contributed by atoms with Crippen LogP contribution in [0.25, 0.3) is 10.9 Å². The molecule has 0 spiro atoms. The zero-order valence-corrected chi connectivity index (χ0v) is 12.6. The van der Waals surface area contributed by atoms with Gasteiger partial charge >= 0.3 is 5.69 Å². The molecule has 6 heteroatoms. The first-order chi connectivity index (χ1) is 10.5. The highest BCUT2D eigenvalue weighted by molar-refractivity contribution is 5.93. The topological polar surface area (TPSA) is 85.8 Å². The van der Waals surface area contributed by atoms with E-state index in [0.29, 0.717) is 12.2 Å². The van der Waals surface area contributed by atoms with Gasteiger partial charge in [-0.25, -0.2) is 4.79 Å². The molecular weight excluding hydrogens is 280 g/mol. The molecule has 0 saturated carbocycles. The molecule has 0 aliphatic heterocycles. The second-order valence-corrected chi connectivity index (χ2v) is 5.44. The number of fused-ring (bicyclic) bond motifs is 1. The van der Waals surface area contributed by atoms with E-state index in [4.69, 9.17) is 5.73 Å². The fourth-order valence-electron chi connectivity index (χ4n) is 2.65. The van der Waals surface area contributed by atoms with Crippen LogP contribution in [0.1, 0.15) is 22.6 Å². The second-order valence-electron chi connectivity index (χ2n) is 5.44. The molecule has 0 aliphatic carbocycles. The molecule has 114 valence electrons. The number of imidazole rings is 1. The average Bonchev–Trinajstić information content (AvgIpc) is 2.99. The van der Waals surface area contributed by atoms with Crippen molar-refractivity contribution in [2.75, 3.05) is 5.73 Å². The highest BCUT2D eigenvalue weighted by Gasteiger charge is 2.12. The van der Waals surface area contributed by atoms with E-state index >= 15 is 0 Å². The van der Waals surface area contributed by atoms with Gasteiger partial charge in [0.2, 0.25) is 5.91 Å². The number of H-pyrrole nitrogens is 1. The summed E-state index contributed by atoms with van der Waals surface area (Å²) in [7, 11) is 0. The molecule has 2 aromatic heterocycles. The van der Waals surface area contributed by atoms with E-state index in [1.807, 2.05) is 32.0 Å². The summed E-state index contributed by atoms with van der Waals surface area (Å²) in [5.41, 5.74) is 8.76. The van der Waals surface area contributed by atoms with Crippen molar-refractivity contribution < 1.29 is 4.79 Å². The predicted molar refractivity (Wildman–Crippen MR) is 86.1 cm³/mol. The quantitative estimate of drug-likeness (QED) is 0.726. The van der Waals surface area contributed by atoms with E-state index in [1.54, 1.807) is 21.4 Å². The van der Waals surface area contributed by atoms with Crippen LogP contribution in [0.2, 0.25) is 0 Å². The minimum atomic E-state index is -0.173. The van der Waals surface area contributed by atoms with E-state index in [9.17, 15) is 9.59 Å². The van der Waals surface area contributed by atoms with Gasteiger partial charge < -0.3 is 10.7 Å². The number of nitrogens with two attached hydrogens (primary N) is 1. The molecule has 0 atom stereocenters. The van der Waals surface area contributed by atoms with Crippen LogP contribution in [0.5, 0.6) is 0 Å². The fourth-order valence-corrected chi connectivity index (χ4v) is 2.65. The van der Waals surface area contributed by atoms with Crippen molar-refractivity contribution in [3.8, 4) is 0 Å². The summed E-state index contributed by atoms with van der Waals surface area (Å²) in [4.78, 5) is 26.9. The molecule has 6 nitrogen and oxygen atoms in total. The molecule has 3 rings (SSSR count). The Morgan fingerprint density at radius 3 is 2.73 bits per heavy atom. The maximum Gasteiger partial charge on any atom is 0.325 e. The summed E-state index contributed by atoms with van der Waals surface area (Å²) in [6.45, 7) is 4.08. The van der Waals surface area contributed by atoms with Crippen LogP contribution in [0.3, 0.4) is 0 Å². The number of hydrogen-bond donors (Lipinski definition) is 2. The van der Waals surface area contributed by atoms with Crippen molar-refractivity contribution >= 4 is 22.5 Å². The summed E-state index contributed by atoms with van der Waals surface area (Å²) in [6, 6.07) is 7.31. The Labute approximate surface area is 127 Å². The van der Waals surface area contributed by atoms with Crippen LogP contribution in [-0.2, 0) is 6.54 Å². The normalized spacial score (nSPS) is 11.2. The summed E-state index contributed by atoms with van der Waals surface area (Å²) < 4.78 is 3.20. The maximum absolute atomic E-state index is 12.4. The molecule has 0 radical (unpaired) electrons. The highest BCUT2D eigenvalue weighted by atomic mass is 16.2. The largest absolute Gasteiger partial charge is 0.399 e. The van der Waals surface area contributed by atoms with Gasteiger partial charge in [-0.2, -0.15) is 0 Å². The summed E-state index contributed by atoms with van der Waals surface area (Å²) in [5, 5.41) is 0.930. The van der Waals surface area contributed by atoms with Gasteiger partial charge in [-0.05, 0) is 38.1 Å². The Morgan fingerprint density at radius 2 is 2.05 bits per heavy atom. The third-order valence-corrected chi connectivity index (χ3v) is 4.02. The number of benzene rings is 1. The molecule has 2 heterocycles. The number of carbonyl (C=O) groups is 1. The van der Waals surface area contributed by atoms with Crippen molar-refractivity contribution in [2.45, 2.75) is 26.8 Å². The fraction of sp³-hybridized carbons (Fsp3) is 0.250. The van der Waals surface area contributed by atoms with Crippen LogP contribution in [-0.4, -0.2) is 20.0 Å². The Balaban J connectivity index is 1.83. The van der Waals surface area contributed by atoms with Gasteiger partial charge in [0.1, 0.15) is 0 Å². The Hall–Kier alpha value is -2.76. The first kappa shape index (κ1) is 14.2.